The molecule has 0 saturated carbocycles. The molecule has 4 aromatic rings. The van der Waals surface area contributed by atoms with Crippen molar-refractivity contribution in [3.05, 3.63) is 110 Å². The summed E-state index contributed by atoms with van der Waals surface area (Å²) < 4.78 is 101. The summed E-state index contributed by atoms with van der Waals surface area (Å²) in [6.45, 7) is 3.43. The highest BCUT2D eigenvalue weighted by molar-refractivity contribution is 7.91. The largest absolute Gasteiger partial charge is 0.399 e. The number of nitrogens with one attached hydrogen (secondary N) is 2. The summed E-state index contributed by atoms with van der Waals surface area (Å²) in [5.41, 5.74) is 18.9. The SMILES string of the molecule is Cc1cc(-c2ccc(N/N=C3\C(=O)c4c(N)cc(S(=O)(=O)O)cc4C=C3S(=O)(=O)O)c(C)c2)ccc1N/N=C1/C(=O)c2cc(N)ccc2C=C1S(=O)(=O)O. The number of rotatable bonds is 8. The number of hydrazone groups is 2. The van der Waals surface area contributed by atoms with Gasteiger partial charge in [-0.1, -0.05) is 18.2 Å². The minimum atomic E-state index is -5.07. The van der Waals surface area contributed by atoms with Crippen molar-refractivity contribution in [2.24, 2.45) is 10.2 Å². The predicted molar refractivity (Wildman–Crippen MR) is 203 cm³/mol. The van der Waals surface area contributed by atoms with Gasteiger partial charge in [-0.05, 0) is 108 Å². The standard InChI is InChI=1S/C34H28N6O11S3/c1-16-9-18(4-7-26(16)37-39-31-28(53(46,47)48)12-20-3-6-22(35)14-24(20)33(31)41)19-5-8-27(17(2)10-19)38-40-32-29(54(49,50)51)13-21-11-23(52(43,44)45)15-25(36)30(21)34(32)42/h3-15,37-38H,35-36H2,1-2H3,(H,43,44,45)(H,46,47,48)(H,49,50,51)/b39-31+,40-32-. The topological polar surface area (TPSA) is 298 Å². The van der Waals surface area contributed by atoms with E-state index in [0.29, 0.717) is 28.1 Å². The zero-order valence-electron chi connectivity index (χ0n) is 27.9. The highest BCUT2D eigenvalue weighted by Crippen LogP contribution is 2.33. The van der Waals surface area contributed by atoms with Gasteiger partial charge in [0.2, 0.25) is 11.6 Å². The van der Waals surface area contributed by atoms with E-state index in [1.54, 1.807) is 50.2 Å². The Morgan fingerprint density at radius 3 is 1.57 bits per heavy atom. The Morgan fingerprint density at radius 2 is 1.09 bits per heavy atom. The fraction of sp³-hybridized carbons (Fsp3) is 0.0588. The van der Waals surface area contributed by atoms with Crippen molar-refractivity contribution in [2.75, 3.05) is 22.3 Å². The highest BCUT2D eigenvalue weighted by atomic mass is 32.2. The van der Waals surface area contributed by atoms with Gasteiger partial charge in [0.05, 0.1) is 21.8 Å². The van der Waals surface area contributed by atoms with E-state index >= 15 is 0 Å². The molecule has 0 saturated heterocycles. The van der Waals surface area contributed by atoms with Gasteiger partial charge < -0.3 is 11.5 Å². The van der Waals surface area contributed by atoms with Gasteiger partial charge in [0.25, 0.3) is 30.4 Å². The molecule has 17 nitrogen and oxygen atoms in total. The monoisotopic (exact) mass is 792 g/mol. The van der Waals surface area contributed by atoms with Crippen LogP contribution in [-0.2, 0) is 30.4 Å². The van der Waals surface area contributed by atoms with Crippen molar-refractivity contribution < 1.29 is 48.5 Å². The molecule has 54 heavy (non-hydrogen) atoms. The van der Waals surface area contributed by atoms with Crippen LogP contribution in [0.25, 0.3) is 23.3 Å². The number of nitrogens with two attached hydrogens (primary N) is 2. The quantitative estimate of drug-likeness (QED) is 0.0748. The van der Waals surface area contributed by atoms with Gasteiger partial charge in [-0.3, -0.25) is 34.1 Å². The van der Waals surface area contributed by atoms with Crippen molar-refractivity contribution >= 4 is 88.2 Å². The second-order valence-corrected chi connectivity index (χ2v) is 16.3. The first-order valence-corrected chi connectivity index (χ1v) is 19.6. The molecule has 6 rings (SSSR count). The summed E-state index contributed by atoms with van der Waals surface area (Å²) in [4.78, 5) is 24.3. The Hall–Kier alpha value is -6.03. The second-order valence-electron chi connectivity index (χ2n) is 12.1. The number of fused-ring (bicyclic) bond motifs is 2. The first-order valence-electron chi connectivity index (χ1n) is 15.3. The number of hydrogen-bond acceptors (Lipinski definition) is 14. The number of nitrogen functional groups attached to an aromatic ring is 2. The van der Waals surface area contributed by atoms with E-state index in [9.17, 15) is 48.5 Å². The van der Waals surface area contributed by atoms with Crippen LogP contribution in [0.3, 0.4) is 0 Å². The van der Waals surface area contributed by atoms with Gasteiger partial charge in [0.15, 0.2) is 11.4 Å². The molecule has 0 unspecified atom stereocenters. The van der Waals surface area contributed by atoms with Crippen LogP contribution >= 0.6 is 0 Å². The van der Waals surface area contributed by atoms with Crippen LogP contribution in [0.2, 0.25) is 0 Å². The molecule has 0 spiro atoms. The minimum absolute atomic E-state index is 0.113. The van der Waals surface area contributed by atoms with Crippen molar-refractivity contribution in [1.82, 2.24) is 0 Å². The zero-order valence-corrected chi connectivity index (χ0v) is 30.3. The van der Waals surface area contributed by atoms with Gasteiger partial charge in [-0.25, -0.2) is 0 Å². The van der Waals surface area contributed by atoms with Crippen LogP contribution in [0.15, 0.2) is 91.6 Å². The normalized spacial score (nSPS) is 16.1. The Kier molecular flexibility index (Phi) is 9.38. The number of aryl methyl sites for hydroxylation is 2. The Labute approximate surface area is 308 Å². The maximum absolute atomic E-state index is 13.4. The van der Waals surface area contributed by atoms with E-state index in [-0.39, 0.29) is 33.6 Å². The molecule has 2 aliphatic carbocycles. The van der Waals surface area contributed by atoms with Crippen molar-refractivity contribution in [2.45, 2.75) is 18.7 Å². The lowest BCUT2D eigenvalue weighted by Crippen LogP contribution is -2.28. The van der Waals surface area contributed by atoms with Crippen LogP contribution in [0, 0.1) is 13.8 Å². The number of anilines is 4. The molecule has 4 aromatic carbocycles. The fourth-order valence-corrected chi connectivity index (χ4v) is 7.61. The molecule has 0 radical (unpaired) electrons. The lowest BCUT2D eigenvalue weighted by atomic mass is 9.93. The first kappa shape index (κ1) is 37.7. The van der Waals surface area contributed by atoms with E-state index < -0.39 is 68.0 Å². The Morgan fingerprint density at radius 1 is 0.593 bits per heavy atom. The van der Waals surface area contributed by atoms with Crippen molar-refractivity contribution in [3.8, 4) is 11.1 Å². The van der Waals surface area contributed by atoms with E-state index in [2.05, 4.69) is 21.1 Å². The molecule has 0 aliphatic heterocycles. The van der Waals surface area contributed by atoms with Crippen LogP contribution < -0.4 is 22.3 Å². The molecule has 0 heterocycles. The van der Waals surface area contributed by atoms with E-state index in [1.807, 2.05) is 0 Å². The van der Waals surface area contributed by atoms with Gasteiger partial charge in [-0.2, -0.15) is 35.5 Å². The number of nitrogens with zero attached hydrogens (tertiary/aromatic N) is 2. The first-order chi connectivity index (χ1) is 25.1. The summed E-state index contributed by atoms with van der Waals surface area (Å²) in [6.07, 6.45) is 1.94. The average molecular weight is 793 g/mol. The van der Waals surface area contributed by atoms with E-state index in [0.717, 1.165) is 29.8 Å². The lowest BCUT2D eigenvalue weighted by Gasteiger charge is -2.19. The van der Waals surface area contributed by atoms with Gasteiger partial charge in [0, 0.05) is 16.9 Å². The van der Waals surface area contributed by atoms with Crippen LogP contribution in [0.4, 0.5) is 22.7 Å². The number of carbonyl (C=O) groups excluding carboxylic acids is 2. The van der Waals surface area contributed by atoms with Crippen LogP contribution in [0.5, 0.6) is 0 Å². The molecule has 20 heteroatoms. The average Bonchev–Trinajstić information content (AvgIpc) is 3.07. The number of benzene rings is 4. The Balaban J connectivity index is 1.26. The fourth-order valence-electron chi connectivity index (χ4n) is 5.74. The number of Topliss-reactive ketones (excluding diaryl/α,β-unsaturated/α-hetero) is 2. The third-order valence-electron chi connectivity index (χ3n) is 8.41. The summed E-state index contributed by atoms with van der Waals surface area (Å²) >= 11 is 0. The number of hydrogen-bond donors (Lipinski definition) is 7. The third-order valence-corrected chi connectivity index (χ3v) is 11.0. The molecule has 9 N–H and O–H groups in total. The highest BCUT2D eigenvalue weighted by Gasteiger charge is 2.36. The zero-order chi connectivity index (χ0) is 39.5. The Bertz CT molecular complexity index is 2830. The van der Waals surface area contributed by atoms with Crippen LogP contribution in [-0.4, -0.2) is 61.9 Å². The minimum Gasteiger partial charge on any atom is -0.399 e. The second kappa shape index (κ2) is 13.4. The maximum atomic E-state index is 13.4. The van der Waals surface area contributed by atoms with Crippen molar-refractivity contribution in [1.29, 1.82) is 0 Å². The molecule has 0 fully saturated rings. The summed E-state index contributed by atoms with van der Waals surface area (Å²) in [7, 11) is -14.7. The summed E-state index contributed by atoms with van der Waals surface area (Å²) in [5.74, 6) is -1.80. The van der Waals surface area contributed by atoms with E-state index in [4.69, 9.17) is 11.5 Å². The maximum Gasteiger partial charge on any atom is 0.296 e. The third kappa shape index (κ3) is 7.28. The molecular weight excluding hydrogens is 765 g/mol. The molecule has 278 valence electrons. The smallest absolute Gasteiger partial charge is 0.296 e. The molecule has 2 aliphatic rings. The van der Waals surface area contributed by atoms with E-state index in [1.165, 1.54) is 18.2 Å². The molecule has 0 aromatic heterocycles. The molecule has 0 atom stereocenters. The number of allylic oxidation sites excluding steroid dienone is 2. The lowest BCUT2D eigenvalue weighted by molar-refractivity contribution is 0.105. The summed E-state index contributed by atoms with van der Waals surface area (Å²) in [6, 6.07) is 16.2. The van der Waals surface area contributed by atoms with Crippen LogP contribution in [0.1, 0.15) is 43.0 Å². The number of ketones is 2. The van der Waals surface area contributed by atoms with Gasteiger partial charge in [-0.15, -0.1) is 0 Å². The number of carbonyl (C=O) groups is 2. The molecular formula is C34H28N6O11S3. The molecule has 0 bridgehead atoms. The van der Waals surface area contributed by atoms with Crippen molar-refractivity contribution in [3.63, 3.8) is 0 Å². The summed E-state index contributed by atoms with van der Waals surface area (Å²) in [5, 5.41) is 8.00. The van der Waals surface area contributed by atoms with Gasteiger partial charge >= 0.3 is 0 Å². The van der Waals surface area contributed by atoms with Gasteiger partial charge in [0.1, 0.15) is 9.81 Å². The molecule has 0 amide bonds. The predicted octanol–water partition coefficient (Wildman–Crippen LogP) is 4.17.